The summed E-state index contributed by atoms with van der Waals surface area (Å²) in [6.07, 6.45) is 2.76. The zero-order valence-corrected chi connectivity index (χ0v) is 31.4. The fourth-order valence-corrected chi connectivity index (χ4v) is 5.97. The maximum Gasteiger partial charge on any atom is 1.00 e. The predicted molar refractivity (Wildman–Crippen MR) is 192 cm³/mol. The Morgan fingerprint density at radius 1 is 1.00 bits per heavy atom. The molecule has 0 aliphatic heterocycles. The van der Waals surface area contributed by atoms with Crippen molar-refractivity contribution in [3.8, 4) is 11.4 Å². The van der Waals surface area contributed by atoms with Crippen LogP contribution in [0.5, 0.6) is 5.75 Å². The van der Waals surface area contributed by atoms with Crippen LogP contribution in [0.3, 0.4) is 0 Å². The molecule has 0 bridgehead atoms. The first kappa shape index (κ1) is 42.4. The molecule has 0 saturated carbocycles. The van der Waals surface area contributed by atoms with Gasteiger partial charge in [-0.2, -0.15) is 4.98 Å². The van der Waals surface area contributed by atoms with Gasteiger partial charge in [-0.15, -0.1) is 0 Å². The molecule has 0 radical (unpaired) electrons. The molecule has 0 saturated heterocycles. The average molecular weight is 775 g/mol. The molecule has 284 valence electrons. The number of benzene rings is 3. The summed E-state index contributed by atoms with van der Waals surface area (Å²) in [6, 6.07) is 9.52. The van der Waals surface area contributed by atoms with E-state index in [0.717, 1.165) is 4.57 Å². The van der Waals surface area contributed by atoms with Gasteiger partial charge in [-0.1, -0.05) is 29.8 Å². The van der Waals surface area contributed by atoms with Crippen molar-refractivity contribution >= 4 is 46.1 Å². The smallest absolute Gasteiger partial charge is 0.550 e. The summed E-state index contributed by atoms with van der Waals surface area (Å²) in [5.41, 5.74) is -1.94. The maximum atomic E-state index is 14.5. The van der Waals surface area contributed by atoms with Crippen LogP contribution >= 0.6 is 11.6 Å². The van der Waals surface area contributed by atoms with Crippen molar-refractivity contribution in [2.24, 2.45) is 0 Å². The Morgan fingerprint density at radius 2 is 1.71 bits per heavy atom. The number of carbonyl (C=O) groups is 2. The van der Waals surface area contributed by atoms with Crippen LogP contribution in [-0.4, -0.2) is 43.9 Å². The van der Waals surface area contributed by atoms with E-state index in [9.17, 15) is 37.5 Å². The van der Waals surface area contributed by atoms with Crippen LogP contribution in [0.25, 0.3) is 16.5 Å². The predicted octanol–water partition coefficient (Wildman–Crippen LogP) is 2.30. The SMILES string of the molecule is COc1cc(Cl)c(Nc2nc(=O)n(-c3cncc4cccc(CNC(=O)OC(C)(C)C)c34)c(=O)n2Cc2cc(F)c(F)c(F)c2)c(CCCCC(=O)[O-])c1.[Li+]. The number of nitrogens with one attached hydrogen (secondary N) is 2. The van der Waals surface area contributed by atoms with E-state index in [1.807, 2.05) is 0 Å². The number of carboxylic acid groups (broad SMARTS) is 1. The van der Waals surface area contributed by atoms with Crippen molar-refractivity contribution in [2.75, 3.05) is 12.4 Å². The molecule has 2 heterocycles. The summed E-state index contributed by atoms with van der Waals surface area (Å²) in [4.78, 5) is 60.3. The van der Waals surface area contributed by atoms with Crippen LogP contribution in [-0.2, 0) is 29.0 Å². The Hall–Kier alpha value is -5.30. The first-order valence-electron chi connectivity index (χ1n) is 16.6. The van der Waals surface area contributed by atoms with Crippen LogP contribution in [0.2, 0.25) is 5.02 Å². The number of carboxylic acids is 1. The van der Waals surface area contributed by atoms with Crippen LogP contribution in [0, 0.1) is 17.5 Å². The molecular weight excluding hydrogens is 740 g/mol. The van der Waals surface area contributed by atoms with E-state index in [2.05, 4.69) is 20.6 Å². The van der Waals surface area contributed by atoms with E-state index < -0.39 is 59.0 Å². The number of anilines is 2. The maximum absolute atomic E-state index is 14.5. The molecule has 0 atom stereocenters. The molecule has 5 rings (SSSR count). The second-order valence-corrected chi connectivity index (χ2v) is 13.6. The number of halogens is 4. The van der Waals surface area contributed by atoms with Crippen molar-refractivity contribution in [3.63, 3.8) is 0 Å². The molecular formula is C37H35ClF3LiN6O7. The summed E-state index contributed by atoms with van der Waals surface area (Å²) >= 11 is 6.64. The molecule has 0 aliphatic carbocycles. The van der Waals surface area contributed by atoms with Crippen molar-refractivity contribution in [3.05, 3.63) is 115 Å². The van der Waals surface area contributed by atoms with Crippen LogP contribution < -0.4 is 50.7 Å². The van der Waals surface area contributed by atoms with Crippen LogP contribution in [0.1, 0.15) is 56.7 Å². The van der Waals surface area contributed by atoms with Crippen LogP contribution in [0.4, 0.5) is 29.6 Å². The molecule has 3 aromatic carbocycles. The van der Waals surface area contributed by atoms with Crippen molar-refractivity contribution < 1.29 is 56.2 Å². The number of ether oxygens (including phenoxy) is 2. The molecule has 1 amide bonds. The molecule has 55 heavy (non-hydrogen) atoms. The van der Waals surface area contributed by atoms with Gasteiger partial charge in [0, 0.05) is 35.5 Å². The zero-order chi connectivity index (χ0) is 39.3. The van der Waals surface area contributed by atoms with Crippen molar-refractivity contribution in [1.82, 2.24) is 24.4 Å². The normalized spacial score (nSPS) is 11.2. The third-order valence-corrected chi connectivity index (χ3v) is 8.36. The van der Waals surface area contributed by atoms with E-state index in [0.29, 0.717) is 50.8 Å². The van der Waals surface area contributed by atoms with Gasteiger partial charge in [-0.05, 0) is 81.3 Å². The van der Waals surface area contributed by atoms with E-state index in [-0.39, 0.29) is 66.6 Å². The fraction of sp³-hybridized carbons (Fsp3) is 0.297. The summed E-state index contributed by atoms with van der Waals surface area (Å²) in [5, 5.41) is 17.5. The first-order valence-corrected chi connectivity index (χ1v) is 17.0. The Balaban J connectivity index is 0.00000673. The third kappa shape index (κ3) is 10.3. The number of hydrogen-bond acceptors (Lipinski definition) is 10. The summed E-state index contributed by atoms with van der Waals surface area (Å²) in [7, 11) is 1.42. The minimum absolute atomic E-state index is 0. The first-order chi connectivity index (χ1) is 25.6. The average Bonchev–Trinajstić information content (AvgIpc) is 3.09. The van der Waals surface area contributed by atoms with Gasteiger partial charge in [0.2, 0.25) is 5.95 Å². The van der Waals surface area contributed by atoms with Crippen LogP contribution in [0.15, 0.2) is 64.4 Å². The van der Waals surface area contributed by atoms with Crippen molar-refractivity contribution in [2.45, 2.75) is 65.1 Å². The van der Waals surface area contributed by atoms with Crippen molar-refractivity contribution in [1.29, 1.82) is 0 Å². The Kier molecular flexibility index (Phi) is 13.8. The number of aromatic nitrogens is 4. The second-order valence-electron chi connectivity index (χ2n) is 13.2. The molecule has 2 aromatic heterocycles. The third-order valence-electron chi connectivity index (χ3n) is 8.06. The minimum Gasteiger partial charge on any atom is -0.550 e. The number of aliphatic carboxylic acids is 1. The fourth-order valence-electron chi connectivity index (χ4n) is 5.70. The zero-order valence-electron chi connectivity index (χ0n) is 30.6. The van der Waals surface area contributed by atoms with Gasteiger partial charge >= 0.3 is 36.3 Å². The summed E-state index contributed by atoms with van der Waals surface area (Å²) in [6.45, 7) is 4.43. The number of rotatable bonds is 13. The number of hydrogen-bond donors (Lipinski definition) is 2. The number of unbranched alkanes of at least 4 members (excludes halogenated alkanes) is 1. The Bertz CT molecular complexity index is 2340. The molecule has 18 heteroatoms. The molecule has 0 spiro atoms. The number of amides is 1. The van der Waals surface area contributed by atoms with E-state index in [1.54, 1.807) is 45.0 Å². The number of nitrogens with zero attached hydrogens (tertiary/aromatic N) is 4. The topological polar surface area (TPSA) is 170 Å². The Labute approximate surface area is 329 Å². The largest absolute Gasteiger partial charge is 1.00 e. The van der Waals surface area contributed by atoms with Gasteiger partial charge in [-0.25, -0.2) is 32.1 Å². The number of pyridine rings is 1. The molecule has 5 aromatic rings. The molecule has 0 aliphatic rings. The summed E-state index contributed by atoms with van der Waals surface area (Å²) in [5.74, 6) is -5.98. The molecule has 0 fully saturated rings. The second kappa shape index (κ2) is 17.9. The minimum atomic E-state index is -1.71. The van der Waals surface area contributed by atoms with E-state index >= 15 is 0 Å². The van der Waals surface area contributed by atoms with Gasteiger partial charge in [0.15, 0.2) is 17.5 Å². The monoisotopic (exact) mass is 774 g/mol. The number of carbonyl (C=O) groups excluding carboxylic acids is 2. The quantitative estimate of drug-likeness (QED) is 0.103. The van der Waals surface area contributed by atoms with Gasteiger partial charge < -0.3 is 30.0 Å². The molecule has 0 unspecified atom stereocenters. The van der Waals surface area contributed by atoms with E-state index in [1.165, 1.54) is 25.6 Å². The van der Waals surface area contributed by atoms with Gasteiger partial charge in [-0.3, -0.25) is 9.55 Å². The Morgan fingerprint density at radius 3 is 2.36 bits per heavy atom. The number of methoxy groups -OCH3 is 1. The van der Waals surface area contributed by atoms with Gasteiger partial charge in [0.05, 0.1) is 36.2 Å². The summed E-state index contributed by atoms with van der Waals surface area (Å²) < 4.78 is 55.1. The van der Waals surface area contributed by atoms with Gasteiger partial charge in [0.25, 0.3) is 0 Å². The molecule has 13 nitrogen and oxygen atoms in total. The standard InChI is InChI=1S/C37H36ClF3N6O7.Li/c1-37(2,3)54-35(51)43-17-23-10-7-9-22-16-42-18-28(30(22)23)47-34(50)45-33(46(36(47)52)19-20-12-26(39)31(41)27(40)13-20)44-32-21(8-5-6-11-29(48)49)14-24(53-4)15-25(32)38;/h7,9-10,12-16,18H,5-6,8,11,17,19H2,1-4H3,(H,43,51)(H,48,49)(H,44,45,50);/q;+1/p-1. The number of fused-ring (bicyclic) bond motifs is 1. The van der Waals surface area contributed by atoms with Gasteiger partial charge in [0.1, 0.15) is 11.4 Å². The molecule has 2 N–H and O–H groups in total. The number of aryl methyl sites for hydroxylation is 1. The van der Waals surface area contributed by atoms with E-state index in [4.69, 9.17) is 21.1 Å². The number of alkyl carbamates (subject to hydrolysis) is 1.